The van der Waals surface area contributed by atoms with E-state index in [-0.39, 0.29) is 0 Å². The molecule has 0 bridgehead atoms. The third kappa shape index (κ3) is 15.1. The lowest BCUT2D eigenvalue weighted by Gasteiger charge is -2.16. The number of rotatable bonds is 9. The minimum absolute atomic E-state index is 0.361. The standard InChI is InChI=1S/C19H26N.C18H24N.2C17H22N/c1-13(2)17-11-19(16-10-8-7-9-15(16)5)20(6)12-18(17)14(3)4;1-12(2)17-11-19(6)18(10-15(17)5)16-8-7-13(3)9-14(16)4;1-12(2)15-7-9-17(18(5)11-15)16-8-6-13(3)10-14(16)4;1-12(2)16-11-18(5)17(10-14(16)4)15-9-7-6-8-13(15)3/h7-14H,1-6H3;7-12H,1-6H3;2*6-12H,1-5H3/q4*+1/i13D,14D;2*3D3,12D;12D. The van der Waals surface area contributed by atoms with Gasteiger partial charge < -0.3 is 0 Å². The third-order valence-corrected chi connectivity index (χ3v) is 13.9. The second kappa shape index (κ2) is 26.3. The van der Waals surface area contributed by atoms with Crippen LogP contribution in [0.1, 0.15) is 186 Å². The van der Waals surface area contributed by atoms with Crippen molar-refractivity contribution < 1.29 is 33.3 Å². The van der Waals surface area contributed by atoms with Gasteiger partial charge in [0.05, 0.1) is 0 Å². The van der Waals surface area contributed by atoms with Gasteiger partial charge in [-0.05, 0) is 154 Å². The molecule has 4 heterocycles. The first-order valence-electron chi connectivity index (χ1n) is 31.6. The number of benzene rings is 4. The number of hydrogen-bond donors (Lipinski definition) is 0. The molecule has 0 radical (unpaired) electrons. The first kappa shape index (κ1) is 44.7. The molecule has 0 fully saturated rings. The number of hydrogen-bond acceptors (Lipinski definition) is 0. The van der Waals surface area contributed by atoms with E-state index in [4.69, 9.17) is 15.1 Å². The maximum atomic E-state index is 8.48. The zero-order chi connectivity index (χ0) is 65.2. The molecule has 8 rings (SSSR count). The lowest BCUT2D eigenvalue weighted by Crippen LogP contribution is -2.32. The molecule has 0 saturated carbocycles. The monoisotopic (exact) mass is 1010 g/mol. The fourth-order valence-electron chi connectivity index (χ4n) is 9.62. The quantitative estimate of drug-likeness (QED) is 0.128. The summed E-state index contributed by atoms with van der Waals surface area (Å²) in [4.78, 5) is 0. The van der Waals surface area contributed by atoms with Gasteiger partial charge in [-0.15, -0.1) is 0 Å². The van der Waals surface area contributed by atoms with E-state index in [9.17, 15) is 0 Å². The van der Waals surface area contributed by atoms with Crippen LogP contribution in [-0.4, -0.2) is 0 Å². The molecule has 4 aromatic heterocycles. The van der Waals surface area contributed by atoms with Crippen LogP contribution in [0.5, 0.6) is 0 Å². The Labute approximate surface area is 471 Å². The van der Waals surface area contributed by atoms with E-state index in [1.165, 1.54) is 33.5 Å². The summed E-state index contributed by atoms with van der Waals surface area (Å²) in [6, 6.07) is 37.5. The molecular formula is C71H94N4+4. The molecule has 0 spiro atoms. The van der Waals surface area contributed by atoms with Crippen LogP contribution < -0.4 is 18.3 Å². The molecule has 0 aliphatic heterocycles. The van der Waals surface area contributed by atoms with Crippen LogP contribution in [0.2, 0.25) is 0 Å². The second-order valence-electron chi connectivity index (χ2n) is 21.4. The highest BCUT2D eigenvalue weighted by atomic mass is 14.9. The topological polar surface area (TPSA) is 15.5 Å². The Morgan fingerprint density at radius 2 is 0.680 bits per heavy atom. The summed E-state index contributed by atoms with van der Waals surface area (Å²) in [5.74, 6) is -3.32. The minimum atomic E-state index is -2.08. The lowest BCUT2D eigenvalue weighted by atomic mass is 9.90. The summed E-state index contributed by atoms with van der Waals surface area (Å²) in [5.41, 5.74) is 20.9. The molecule has 0 saturated heterocycles. The van der Waals surface area contributed by atoms with Gasteiger partial charge in [-0.25, -0.2) is 18.3 Å². The van der Waals surface area contributed by atoms with Crippen molar-refractivity contribution in [1.82, 2.24) is 0 Å². The molecule has 8 aromatic rings. The van der Waals surface area contributed by atoms with Crippen LogP contribution >= 0.6 is 0 Å². The van der Waals surface area contributed by atoms with Crippen molar-refractivity contribution in [3.05, 3.63) is 212 Å². The van der Waals surface area contributed by atoms with Gasteiger partial charge in [-0.3, -0.25) is 0 Å². The first-order chi connectivity index (χ1) is 39.2. The van der Waals surface area contributed by atoms with Gasteiger partial charge in [0.2, 0.25) is 22.8 Å². The SMILES string of the molecule is [2H]C(C)(C)c1c[n+](C)c(-c2ccccc2C)cc1C.[2H]C(C)(C)c1cc(-c2ccccc2C)[n+](C)cc1C([2H])(C)C.[2H]C([2H])([2H])c1ccc(-c2cc(C)c(C([2H])(C)C)c[n+]2C)c(C)c1.[2H]C([2H])([2H])c1ccc(-c2ccc(C([2H])(C)C)c[n+]2C)c(C)c1. The normalized spacial score (nSPS) is 14.3. The zero-order valence-electron chi connectivity index (χ0n) is 60.1. The van der Waals surface area contributed by atoms with Crippen molar-refractivity contribution in [2.24, 2.45) is 28.2 Å². The predicted octanol–water partition coefficient (Wildman–Crippen LogP) is 16.8. The average molecular weight is 1010 g/mol. The Morgan fingerprint density at radius 1 is 0.320 bits per heavy atom. The van der Waals surface area contributed by atoms with Gasteiger partial charge in [0, 0.05) is 83.9 Å². The fraction of sp³-hybridized carbons (Fsp3) is 0.380. The van der Waals surface area contributed by atoms with E-state index in [0.29, 0.717) is 11.1 Å². The Morgan fingerprint density at radius 3 is 1.04 bits per heavy atom. The molecule has 0 amide bonds. The van der Waals surface area contributed by atoms with Crippen molar-refractivity contribution in [1.29, 1.82) is 0 Å². The molecule has 4 aromatic carbocycles. The molecule has 75 heavy (non-hydrogen) atoms. The van der Waals surface area contributed by atoms with E-state index < -0.39 is 43.2 Å². The fourth-order valence-corrected chi connectivity index (χ4v) is 9.62. The summed E-state index contributed by atoms with van der Waals surface area (Å²) < 4.78 is 94.7. The Bertz CT molecular complexity index is 3650. The van der Waals surface area contributed by atoms with Crippen molar-refractivity contribution in [2.75, 3.05) is 0 Å². The van der Waals surface area contributed by atoms with E-state index in [0.717, 1.165) is 72.7 Å². The van der Waals surface area contributed by atoms with Gasteiger partial charge in [-0.2, -0.15) is 0 Å². The molecular weight excluding hydrogens is 909 g/mol. The molecule has 394 valence electrons. The number of aryl methyl sites for hydroxylation is 12. The van der Waals surface area contributed by atoms with Crippen molar-refractivity contribution in [3.8, 4) is 45.0 Å². The second-order valence-corrected chi connectivity index (χ2v) is 21.4. The van der Waals surface area contributed by atoms with Gasteiger partial charge >= 0.3 is 0 Å². The highest BCUT2D eigenvalue weighted by Gasteiger charge is 2.22. The van der Waals surface area contributed by atoms with Crippen molar-refractivity contribution in [3.63, 3.8) is 0 Å². The van der Waals surface area contributed by atoms with Crippen LogP contribution in [-0.2, 0) is 28.2 Å². The maximum absolute atomic E-state index is 8.48. The molecule has 0 aliphatic carbocycles. The summed E-state index contributed by atoms with van der Waals surface area (Å²) >= 11 is 0. The Balaban J connectivity index is 0.000000210. The van der Waals surface area contributed by atoms with E-state index in [1.807, 2.05) is 175 Å². The number of nitrogens with zero attached hydrogens (tertiary/aromatic N) is 4. The summed E-state index contributed by atoms with van der Waals surface area (Å²) in [7, 11) is 7.97. The van der Waals surface area contributed by atoms with Crippen LogP contribution in [0.25, 0.3) is 45.0 Å². The number of pyridine rings is 4. The third-order valence-electron chi connectivity index (χ3n) is 13.9. The first-order valence-corrected chi connectivity index (χ1v) is 26.1. The average Bonchev–Trinajstić information content (AvgIpc) is 3.58. The Hall–Kier alpha value is -6.52. The molecule has 0 N–H and O–H groups in total. The highest BCUT2D eigenvalue weighted by molar-refractivity contribution is 5.65. The molecule has 4 heteroatoms. The largest absolute Gasteiger partial charge is 0.212 e. The zero-order valence-corrected chi connectivity index (χ0v) is 49.1. The van der Waals surface area contributed by atoms with E-state index >= 15 is 0 Å². The Kier molecular flexibility index (Phi) is 15.7. The van der Waals surface area contributed by atoms with Crippen LogP contribution in [0, 0.1) is 55.2 Å². The predicted molar refractivity (Wildman–Crippen MR) is 321 cm³/mol. The van der Waals surface area contributed by atoms with Gasteiger partial charge in [-0.1, -0.05) is 141 Å². The molecule has 0 aliphatic rings. The summed E-state index contributed by atoms with van der Waals surface area (Å²) in [5, 5.41) is 0. The molecule has 0 atom stereocenters. The summed E-state index contributed by atoms with van der Waals surface area (Å²) in [6.45, 7) is 26.9. The van der Waals surface area contributed by atoms with Gasteiger partial charge in [0.1, 0.15) is 28.2 Å². The molecule has 4 nitrogen and oxygen atoms in total. The highest BCUT2D eigenvalue weighted by Crippen LogP contribution is 2.31. The minimum Gasteiger partial charge on any atom is -0.201 e. The van der Waals surface area contributed by atoms with Crippen molar-refractivity contribution >= 4 is 0 Å². The van der Waals surface area contributed by atoms with E-state index in [1.54, 1.807) is 24.3 Å². The smallest absolute Gasteiger partial charge is 0.201 e. The van der Waals surface area contributed by atoms with Crippen LogP contribution in [0.3, 0.4) is 0 Å². The lowest BCUT2D eigenvalue weighted by molar-refractivity contribution is -0.661. The maximum Gasteiger partial charge on any atom is 0.212 e. The number of aromatic nitrogens is 4. The van der Waals surface area contributed by atoms with Crippen molar-refractivity contribution in [2.45, 2.75) is 154 Å². The van der Waals surface area contributed by atoms with Crippen LogP contribution in [0.15, 0.2) is 140 Å². The van der Waals surface area contributed by atoms with E-state index in [2.05, 4.69) is 97.7 Å². The molecule has 0 unspecified atom stereocenters. The van der Waals surface area contributed by atoms with Crippen LogP contribution in [0.4, 0.5) is 0 Å². The van der Waals surface area contributed by atoms with Gasteiger partial charge in [0.25, 0.3) is 0 Å². The van der Waals surface area contributed by atoms with Gasteiger partial charge in [0.15, 0.2) is 24.8 Å². The summed E-state index contributed by atoms with van der Waals surface area (Å²) in [6.07, 6.45) is 8.05.